The predicted octanol–water partition coefficient (Wildman–Crippen LogP) is 2.37. The van der Waals surface area contributed by atoms with Gasteiger partial charge in [-0.05, 0) is 31.6 Å². The molecule has 0 bridgehead atoms. The van der Waals surface area contributed by atoms with Gasteiger partial charge in [-0.15, -0.1) is 0 Å². The van der Waals surface area contributed by atoms with Gasteiger partial charge in [-0.1, -0.05) is 20.3 Å². The van der Waals surface area contributed by atoms with Gasteiger partial charge in [0.25, 0.3) is 0 Å². The number of hydrogen-bond donors (Lipinski definition) is 1. The summed E-state index contributed by atoms with van der Waals surface area (Å²) in [5, 5.41) is 9.82. The lowest BCUT2D eigenvalue weighted by Crippen LogP contribution is -2.36. The minimum Gasteiger partial charge on any atom is -0.390 e. The van der Waals surface area contributed by atoms with Crippen LogP contribution in [0.3, 0.4) is 0 Å². The average molecular weight is 230 g/mol. The Balaban J connectivity index is 2.13. The van der Waals surface area contributed by atoms with E-state index in [4.69, 9.17) is 9.47 Å². The molecule has 3 heteroatoms. The molecule has 1 aliphatic rings. The zero-order chi connectivity index (χ0) is 11.8. The molecule has 3 nitrogen and oxygen atoms in total. The van der Waals surface area contributed by atoms with Crippen LogP contribution in [0.25, 0.3) is 0 Å². The summed E-state index contributed by atoms with van der Waals surface area (Å²) in [4.78, 5) is 0. The summed E-state index contributed by atoms with van der Waals surface area (Å²) >= 11 is 0. The first-order valence-electron chi connectivity index (χ1n) is 6.65. The summed E-state index contributed by atoms with van der Waals surface area (Å²) < 4.78 is 11.1. The lowest BCUT2D eigenvalue weighted by atomic mass is 9.84. The Morgan fingerprint density at radius 2 is 1.94 bits per heavy atom. The minimum atomic E-state index is -0.269. The first-order chi connectivity index (χ1) is 7.77. The fraction of sp³-hybridized carbons (Fsp3) is 1.00. The van der Waals surface area contributed by atoms with E-state index in [0.717, 1.165) is 38.2 Å². The van der Waals surface area contributed by atoms with Crippen molar-refractivity contribution in [2.45, 2.75) is 58.2 Å². The zero-order valence-electron chi connectivity index (χ0n) is 10.7. The summed E-state index contributed by atoms with van der Waals surface area (Å²) in [5.74, 6) is 0.727. The van der Waals surface area contributed by atoms with E-state index in [1.807, 2.05) is 0 Å². The summed E-state index contributed by atoms with van der Waals surface area (Å²) in [7, 11) is 0. The highest BCUT2D eigenvalue weighted by molar-refractivity contribution is 4.79. The molecule has 3 unspecified atom stereocenters. The van der Waals surface area contributed by atoms with Crippen molar-refractivity contribution >= 4 is 0 Å². The smallest absolute Gasteiger partial charge is 0.0837 e. The molecule has 0 amide bonds. The minimum absolute atomic E-state index is 0.0314. The van der Waals surface area contributed by atoms with Gasteiger partial charge in [-0.2, -0.15) is 0 Å². The van der Waals surface area contributed by atoms with Gasteiger partial charge in [0, 0.05) is 6.61 Å². The largest absolute Gasteiger partial charge is 0.390 e. The molecule has 0 aromatic heterocycles. The summed E-state index contributed by atoms with van der Waals surface area (Å²) in [5.41, 5.74) is 0. The van der Waals surface area contributed by atoms with Gasteiger partial charge < -0.3 is 14.6 Å². The molecule has 1 rings (SSSR count). The number of rotatable bonds is 7. The van der Waals surface area contributed by atoms with Crippen molar-refractivity contribution < 1.29 is 14.6 Å². The summed E-state index contributed by atoms with van der Waals surface area (Å²) in [6.07, 6.45) is 5.04. The molecule has 0 aromatic rings. The van der Waals surface area contributed by atoms with E-state index in [1.54, 1.807) is 0 Å². The maximum atomic E-state index is 9.82. The van der Waals surface area contributed by atoms with E-state index in [2.05, 4.69) is 13.8 Å². The molecule has 16 heavy (non-hydrogen) atoms. The van der Waals surface area contributed by atoms with Crippen LogP contribution in [0.2, 0.25) is 0 Å². The third kappa shape index (κ3) is 4.81. The predicted molar refractivity (Wildman–Crippen MR) is 64.5 cm³/mol. The number of aliphatic hydroxyl groups excluding tert-OH is 1. The van der Waals surface area contributed by atoms with Gasteiger partial charge in [0.05, 0.1) is 25.4 Å². The second-order valence-corrected chi connectivity index (χ2v) is 4.68. The standard InChI is InChI=1S/C13H26O3/c1-3-7-15-8-9-16-13-10-11(4-2)5-6-12(13)14/h11-14H,3-10H2,1-2H3. The van der Waals surface area contributed by atoms with Crippen molar-refractivity contribution in [1.82, 2.24) is 0 Å². The van der Waals surface area contributed by atoms with Gasteiger partial charge in [-0.25, -0.2) is 0 Å². The molecule has 0 spiro atoms. The second kappa shape index (κ2) is 8.04. The molecule has 0 aromatic carbocycles. The first-order valence-corrected chi connectivity index (χ1v) is 6.65. The van der Waals surface area contributed by atoms with Gasteiger partial charge in [0.1, 0.15) is 0 Å². The Labute approximate surface area is 99.1 Å². The molecule has 1 aliphatic carbocycles. The Hall–Kier alpha value is -0.120. The third-order valence-corrected chi connectivity index (χ3v) is 3.35. The molecule has 1 N–H and O–H groups in total. The third-order valence-electron chi connectivity index (χ3n) is 3.35. The van der Waals surface area contributed by atoms with Crippen molar-refractivity contribution in [1.29, 1.82) is 0 Å². The van der Waals surface area contributed by atoms with E-state index in [0.29, 0.717) is 13.2 Å². The van der Waals surface area contributed by atoms with E-state index >= 15 is 0 Å². The Kier molecular flexibility index (Phi) is 7.01. The lowest BCUT2D eigenvalue weighted by molar-refractivity contribution is -0.0844. The molecule has 0 radical (unpaired) electrons. The first kappa shape index (κ1) is 13.9. The topological polar surface area (TPSA) is 38.7 Å². The summed E-state index contributed by atoms with van der Waals surface area (Å²) in [6, 6.07) is 0. The van der Waals surface area contributed by atoms with E-state index in [9.17, 15) is 5.11 Å². The SMILES string of the molecule is CCCOCCOC1CC(CC)CCC1O. The molecule has 3 atom stereocenters. The maximum absolute atomic E-state index is 9.82. The van der Waals surface area contributed by atoms with Gasteiger partial charge in [0.2, 0.25) is 0 Å². The number of ether oxygens (including phenoxy) is 2. The normalized spacial score (nSPS) is 30.6. The fourth-order valence-corrected chi connectivity index (χ4v) is 2.25. The molecular formula is C13H26O3. The Bertz CT molecular complexity index is 173. The Morgan fingerprint density at radius 1 is 1.12 bits per heavy atom. The fourth-order valence-electron chi connectivity index (χ4n) is 2.25. The molecule has 0 heterocycles. The van der Waals surface area contributed by atoms with Crippen LogP contribution in [0, 0.1) is 5.92 Å². The van der Waals surface area contributed by atoms with Crippen molar-refractivity contribution in [3.8, 4) is 0 Å². The molecular weight excluding hydrogens is 204 g/mol. The van der Waals surface area contributed by atoms with Crippen LogP contribution in [0.15, 0.2) is 0 Å². The molecule has 1 fully saturated rings. The maximum Gasteiger partial charge on any atom is 0.0837 e. The van der Waals surface area contributed by atoms with E-state index in [-0.39, 0.29) is 12.2 Å². The number of hydrogen-bond acceptors (Lipinski definition) is 3. The number of aliphatic hydroxyl groups is 1. The van der Waals surface area contributed by atoms with Crippen molar-refractivity contribution in [2.75, 3.05) is 19.8 Å². The highest BCUT2D eigenvalue weighted by atomic mass is 16.5. The van der Waals surface area contributed by atoms with Gasteiger partial charge in [-0.3, -0.25) is 0 Å². The highest BCUT2D eigenvalue weighted by Crippen LogP contribution is 2.28. The van der Waals surface area contributed by atoms with Crippen LogP contribution >= 0.6 is 0 Å². The monoisotopic (exact) mass is 230 g/mol. The average Bonchev–Trinajstić information content (AvgIpc) is 2.31. The van der Waals surface area contributed by atoms with Crippen LogP contribution in [0.4, 0.5) is 0 Å². The van der Waals surface area contributed by atoms with Crippen LogP contribution in [-0.2, 0) is 9.47 Å². The highest BCUT2D eigenvalue weighted by Gasteiger charge is 2.28. The Morgan fingerprint density at radius 3 is 2.62 bits per heavy atom. The molecule has 1 saturated carbocycles. The summed E-state index contributed by atoms with van der Waals surface area (Å²) in [6.45, 7) is 6.36. The van der Waals surface area contributed by atoms with Crippen LogP contribution in [0.5, 0.6) is 0 Å². The van der Waals surface area contributed by atoms with Gasteiger partial charge >= 0.3 is 0 Å². The molecule has 96 valence electrons. The quantitative estimate of drug-likeness (QED) is 0.682. The van der Waals surface area contributed by atoms with E-state index in [1.165, 1.54) is 6.42 Å². The van der Waals surface area contributed by atoms with Crippen LogP contribution < -0.4 is 0 Å². The van der Waals surface area contributed by atoms with Crippen LogP contribution in [-0.4, -0.2) is 37.1 Å². The van der Waals surface area contributed by atoms with Crippen LogP contribution in [0.1, 0.15) is 46.0 Å². The molecule has 0 saturated heterocycles. The van der Waals surface area contributed by atoms with E-state index < -0.39 is 0 Å². The molecule has 0 aliphatic heterocycles. The second-order valence-electron chi connectivity index (χ2n) is 4.68. The van der Waals surface area contributed by atoms with Gasteiger partial charge in [0.15, 0.2) is 0 Å². The van der Waals surface area contributed by atoms with Crippen molar-refractivity contribution in [3.05, 3.63) is 0 Å². The van der Waals surface area contributed by atoms with Crippen molar-refractivity contribution in [3.63, 3.8) is 0 Å². The van der Waals surface area contributed by atoms with Crippen molar-refractivity contribution in [2.24, 2.45) is 5.92 Å². The zero-order valence-corrected chi connectivity index (χ0v) is 10.7. The lowest BCUT2D eigenvalue weighted by Gasteiger charge is -2.32.